The van der Waals surface area contributed by atoms with Crippen LogP contribution in [0.4, 0.5) is 20.2 Å². The molecule has 92 valence electrons. The maximum atomic E-state index is 13.5. The zero-order valence-electron chi connectivity index (χ0n) is 8.92. The maximum Gasteiger partial charge on any atom is 0.227 e. The van der Waals surface area contributed by atoms with Gasteiger partial charge in [-0.15, -0.1) is 0 Å². The average Bonchev–Trinajstić information content (AvgIpc) is 2.65. The fourth-order valence-corrected chi connectivity index (χ4v) is 2.41. The Kier molecular flexibility index (Phi) is 3.33. The summed E-state index contributed by atoms with van der Waals surface area (Å²) in [7, 11) is 0. The first-order valence-electron chi connectivity index (χ1n) is 5.17. The van der Waals surface area contributed by atoms with Gasteiger partial charge in [-0.2, -0.15) is 0 Å². The third-order valence-corrected chi connectivity index (χ3v) is 3.29. The number of hydrogen-bond acceptors (Lipinski definition) is 2. The highest BCUT2D eigenvalue weighted by atomic mass is 79.9. The van der Waals surface area contributed by atoms with Crippen LogP contribution in [0.5, 0.6) is 0 Å². The van der Waals surface area contributed by atoms with E-state index in [1.54, 1.807) is 0 Å². The van der Waals surface area contributed by atoms with Gasteiger partial charge in [0, 0.05) is 10.9 Å². The topological polar surface area (TPSA) is 46.3 Å². The van der Waals surface area contributed by atoms with E-state index in [-0.39, 0.29) is 23.7 Å². The van der Waals surface area contributed by atoms with Crippen molar-refractivity contribution in [2.75, 3.05) is 17.3 Å². The van der Waals surface area contributed by atoms with Crippen molar-refractivity contribution in [2.24, 2.45) is 0 Å². The lowest BCUT2D eigenvalue weighted by molar-refractivity contribution is -0.117. The molecule has 2 rings (SSSR count). The summed E-state index contributed by atoms with van der Waals surface area (Å²) >= 11 is 3.13. The second-order valence-corrected chi connectivity index (χ2v) is 4.85. The van der Waals surface area contributed by atoms with Crippen LogP contribution in [-0.4, -0.2) is 18.6 Å². The van der Waals surface area contributed by atoms with Gasteiger partial charge in [0.15, 0.2) is 0 Å². The van der Waals surface area contributed by atoms with Crippen molar-refractivity contribution in [3.8, 4) is 0 Å². The Bertz CT molecular complexity index is 467. The number of hydrogen-bond donors (Lipinski definition) is 1. The van der Waals surface area contributed by atoms with Crippen molar-refractivity contribution in [1.29, 1.82) is 0 Å². The Labute approximate surface area is 106 Å². The normalized spacial score (nSPS) is 20.1. The van der Waals surface area contributed by atoms with Crippen molar-refractivity contribution in [3.63, 3.8) is 0 Å². The molecule has 1 aromatic rings. The minimum absolute atomic E-state index is 0.123. The molecule has 1 aliphatic rings. The number of carbonyl (C=O) groups excluding carboxylic acids is 1. The van der Waals surface area contributed by atoms with E-state index in [0.29, 0.717) is 10.9 Å². The van der Waals surface area contributed by atoms with Gasteiger partial charge in [0.1, 0.15) is 12.5 Å². The van der Waals surface area contributed by atoms with Gasteiger partial charge in [-0.1, -0.05) is 15.9 Å². The van der Waals surface area contributed by atoms with Crippen molar-refractivity contribution < 1.29 is 13.6 Å². The number of alkyl halides is 1. The largest absolute Gasteiger partial charge is 0.395 e. The van der Waals surface area contributed by atoms with E-state index in [4.69, 9.17) is 5.73 Å². The number of rotatable bonds is 2. The van der Waals surface area contributed by atoms with Crippen LogP contribution >= 0.6 is 15.9 Å². The third-order valence-electron chi connectivity index (χ3n) is 2.84. The molecule has 0 saturated carbocycles. The van der Waals surface area contributed by atoms with E-state index >= 15 is 0 Å². The molecular formula is C11H11BrF2N2O. The Morgan fingerprint density at radius 1 is 1.53 bits per heavy atom. The van der Waals surface area contributed by atoms with E-state index in [0.717, 1.165) is 0 Å². The molecule has 0 aliphatic carbocycles. The van der Waals surface area contributed by atoms with Crippen molar-refractivity contribution in [1.82, 2.24) is 0 Å². The van der Waals surface area contributed by atoms with Crippen LogP contribution in [0.2, 0.25) is 0 Å². The molecule has 2 N–H and O–H groups in total. The average molecular weight is 305 g/mol. The number of anilines is 2. The summed E-state index contributed by atoms with van der Waals surface area (Å²) in [4.78, 5) is 12.9. The second kappa shape index (κ2) is 4.60. The zero-order valence-corrected chi connectivity index (χ0v) is 10.5. The molecule has 0 bridgehead atoms. The van der Waals surface area contributed by atoms with Crippen molar-refractivity contribution in [2.45, 2.75) is 18.9 Å². The van der Waals surface area contributed by atoms with Gasteiger partial charge in [-0.25, -0.2) is 8.78 Å². The molecule has 0 spiro atoms. The first-order chi connectivity index (χ1) is 8.04. The fourth-order valence-electron chi connectivity index (χ4n) is 1.99. The molecule has 6 heteroatoms. The SMILES string of the molecule is Nc1c(F)cc(Br)cc1N1C(=O)CC[C@H]1CF. The molecule has 17 heavy (non-hydrogen) atoms. The molecular weight excluding hydrogens is 294 g/mol. The number of amides is 1. The van der Waals surface area contributed by atoms with Gasteiger partial charge < -0.3 is 10.6 Å². The molecule has 1 amide bonds. The van der Waals surface area contributed by atoms with Crippen LogP contribution in [0, 0.1) is 5.82 Å². The molecule has 0 aromatic heterocycles. The molecule has 0 unspecified atom stereocenters. The van der Waals surface area contributed by atoms with Crippen LogP contribution in [-0.2, 0) is 4.79 Å². The first-order valence-corrected chi connectivity index (χ1v) is 5.96. The predicted octanol–water partition coefficient (Wildman–Crippen LogP) is 2.64. The molecule has 1 aromatic carbocycles. The number of nitrogens with two attached hydrogens (primary N) is 1. The monoisotopic (exact) mass is 304 g/mol. The fraction of sp³-hybridized carbons (Fsp3) is 0.364. The summed E-state index contributed by atoms with van der Waals surface area (Å²) in [6.07, 6.45) is 0.699. The molecule has 1 heterocycles. The number of nitrogen functional groups attached to an aromatic ring is 1. The van der Waals surface area contributed by atoms with Gasteiger partial charge in [-0.05, 0) is 18.6 Å². The highest BCUT2D eigenvalue weighted by Gasteiger charge is 2.33. The van der Waals surface area contributed by atoms with Gasteiger partial charge in [-0.3, -0.25) is 4.79 Å². The molecule has 3 nitrogen and oxygen atoms in total. The quantitative estimate of drug-likeness (QED) is 0.854. The zero-order chi connectivity index (χ0) is 12.6. The minimum Gasteiger partial charge on any atom is -0.395 e. The maximum absolute atomic E-state index is 13.5. The third kappa shape index (κ3) is 2.13. The summed E-state index contributed by atoms with van der Waals surface area (Å²) in [5, 5.41) is 0. The predicted molar refractivity (Wildman–Crippen MR) is 65.0 cm³/mol. The van der Waals surface area contributed by atoms with Crippen LogP contribution in [0.15, 0.2) is 16.6 Å². The number of benzene rings is 1. The van der Waals surface area contributed by atoms with Gasteiger partial charge in [0.25, 0.3) is 0 Å². The standard InChI is InChI=1S/C11H11BrF2N2O/c12-6-3-8(14)11(15)9(4-6)16-7(5-13)1-2-10(16)17/h3-4,7H,1-2,5,15H2/t7-/m0/s1. The Morgan fingerprint density at radius 2 is 2.24 bits per heavy atom. The minimum atomic E-state index is -0.653. The summed E-state index contributed by atoms with van der Waals surface area (Å²) in [6.45, 7) is -0.653. The molecule has 0 radical (unpaired) electrons. The number of nitrogens with zero attached hydrogens (tertiary/aromatic N) is 1. The van der Waals surface area contributed by atoms with Gasteiger partial charge >= 0.3 is 0 Å². The Balaban J connectivity index is 2.48. The van der Waals surface area contributed by atoms with E-state index < -0.39 is 18.5 Å². The lowest BCUT2D eigenvalue weighted by atomic mass is 10.2. The van der Waals surface area contributed by atoms with Crippen LogP contribution < -0.4 is 10.6 Å². The van der Waals surface area contributed by atoms with Crippen LogP contribution in [0.3, 0.4) is 0 Å². The summed E-state index contributed by atoms with van der Waals surface area (Å²) in [5.74, 6) is -0.844. The molecule has 1 saturated heterocycles. The van der Waals surface area contributed by atoms with Gasteiger partial charge in [0.2, 0.25) is 5.91 Å². The van der Waals surface area contributed by atoms with Crippen LogP contribution in [0.25, 0.3) is 0 Å². The van der Waals surface area contributed by atoms with E-state index in [1.165, 1.54) is 17.0 Å². The highest BCUT2D eigenvalue weighted by Crippen LogP contribution is 2.35. The number of halogens is 3. The lowest BCUT2D eigenvalue weighted by Crippen LogP contribution is -2.35. The smallest absolute Gasteiger partial charge is 0.227 e. The highest BCUT2D eigenvalue weighted by molar-refractivity contribution is 9.10. The Hall–Kier alpha value is -1.17. The van der Waals surface area contributed by atoms with Crippen molar-refractivity contribution >= 4 is 33.2 Å². The second-order valence-electron chi connectivity index (χ2n) is 3.93. The molecule has 1 fully saturated rings. The molecule has 1 atom stereocenters. The summed E-state index contributed by atoms with van der Waals surface area (Å²) in [6, 6.07) is 2.20. The van der Waals surface area contributed by atoms with Crippen molar-refractivity contribution in [3.05, 3.63) is 22.4 Å². The number of carbonyl (C=O) groups is 1. The Morgan fingerprint density at radius 3 is 2.88 bits per heavy atom. The summed E-state index contributed by atoms with van der Waals surface area (Å²) < 4.78 is 26.7. The lowest BCUT2D eigenvalue weighted by Gasteiger charge is -2.24. The van der Waals surface area contributed by atoms with E-state index in [2.05, 4.69) is 15.9 Å². The van der Waals surface area contributed by atoms with Crippen LogP contribution in [0.1, 0.15) is 12.8 Å². The van der Waals surface area contributed by atoms with E-state index in [9.17, 15) is 13.6 Å². The summed E-state index contributed by atoms with van der Waals surface area (Å²) in [5.41, 5.74) is 5.71. The van der Waals surface area contributed by atoms with E-state index in [1.807, 2.05) is 0 Å². The van der Waals surface area contributed by atoms with Gasteiger partial charge in [0.05, 0.1) is 17.4 Å². The molecule has 1 aliphatic heterocycles. The first kappa shape index (κ1) is 12.3.